The van der Waals surface area contributed by atoms with E-state index in [0.717, 1.165) is 23.4 Å². The Balaban J connectivity index is 0.000000755. The number of fused-ring (bicyclic) bond motifs is 1. The van der Waals surface area contributed by atoms with Crippen LogP contribution in [0.15, 0.2) is 40.6 Å². The zero-order valence-corrected chi connectivity index (χ0v) is 17.5. The quantitative estimate of drug-likeness (QED) is 0.706. The summed E-state index contributed by atoms with van der Waals surface area (Å²) in [6.45, 7) is 4.01. The fourth-order valence-electron chi connectivity index (χ4n) is 3.64. The van der Waals surface area contributed by atoms with Gasteiger partial charge in [-0.25, -0.2) is 17.5 Å². The normalized spacial score (nSPS) is 24.4. The highest BCUT2D eigenvalue weighted by atomic mass is 32.2. The lowest BCUT2D eigenvalue weighted by atomic mass is 10.2. The fourth-order valence-corrected chi connectivity index (χ4v) is 6.20. The molecule has 2 aromatic rings. The monoisotopic (exact) mass is 442 g/mol. The van der Waals surface area contributed by atoms with E-state index in [1.807, 2.05) is 6.92 Å². The molecule has 29 heavy (non-hydrogen) atoms. The first kappa shape index (κ1) is 21.8. The summed E-state index contributed by atoms with van der Waals surface area (Å²) < 4.78 is 47.3. The van der Waals surface area contributed by atoms with Crippen LogP contribution in [0.25, 0.3) is 10.4 Å². The number of hydrogen-bond donors (Lipinski definition) is 2. The van der Waals surface area contributed by atoms with Crippen LogP contribution in [0, 0.1) is 5.82 Å². The molecule has 2 saturated heterocycles. The molecular weight excluding hydrogens is 419 g/mol. The summed E-state index contributed by atoms with van der Waals surface area (Å²) in [5.74, 6) is -0.309. The van der Waals surface area contributed by atoms with Gasteiger partial charge >= 0.3 is 0 Å². The minimum atomic E-state index is -3.57. The molecule has 0 unspecified atom stereocenters. The van der Waals surface area contributed by atoms with E-state index in [4.69, 9.17) is 14.6 Å². The Morgan fingerprint density at radius 2 is 1.93 bits per heavy atom. The number of morpholine rings is 1. The van der Waals surface area contributed by atoms with Crippen LogP contribution in [0.4, 0.5) is 4.39 Å². The predicted molar refractivity (Wildman–Crippen MR) is 108 cm³/mol. The Morgan fingerprint density at radius 3 is 2.62 bits per heavy atom. The molecule has 0 radical (unpaired) electrons. The molecule has 3 heterocycles. The SMILES string of the molecule is C[C@H]1CN2C[C@H](NS(=O)(=O)c3ccc(-c4ccc(F)cc4)s3)C[C@H]2CO1.O=CO. The fraction of sp³-hybridized carbons (Fsp3) is 0.421. The van der Waals surface area contributed by atoms with E-state index in [0.29, 0.717) is 13.2 Å². The molecule has 4 rings (SSSR count). The van der Waals surface area contributed by atoms with Crippen molar-refractivity contribution in [3.8, 4) is 10.4 Å². The minimum absolute atomic E-state index is 0.102. The van der Waals surface area contributed by atoms with E-state index in [-0.39, 0.29) is 34.7 Å². The summed E-state index contributed by atoms with van der Waals surface area (Å²) in [6, 6.07) is 9.62. The van der Waals surface area contributed by atoms with E-state index in [2.05, 4.69) is 9.62 Å². The van der Waals surface area contributed by atoms with Crippen LogP contribution in [0.2, 0.25) is 0 Å². The maximum absolute atomic E-state index is 13.1. The summed E-state index contributed by atoms with van der Waals surface area (Å²) in [4.78, 5) is 11.5. The Hall–Kier alpha value is -1.85. The number of nitrogens with zero attached hydrogens (tertiary/aromatic N) is 1. The summed E-state index contributed by atoms with van der Waals surface area (Å²) in [7, 11) is -3.57. The van der Waals surface area contributed by atoms with Gasteiger partial charge in [-0.1, -0.05) is 12.1 Å². The zero-order valence-electron chi connectivity index (χ0n) is 15.8. The van der Waals surface area contributed by atoms with Crippen molar-refractivity contribution in [2.45, 2.75) is 35.7 Å². The second-order valence-corrected chi connectivity index (χ2v) is 10.1. The average molecular weight is 443 g/mol. The number of sulfonamides is 1. The van der Waals surface area contributed by atoms with Crippen molar-refractivity contribution >= 4 is 27.8 Å². The van der Waals surface area contributed by atoms with Gasteiger partial charge in [-0.05, 0) is 43.2 Å². The van der Waals surface area contributed by atoms with Gasteiger partial charge in [0.15, 0.2) is 0 Å². The smallest absolute Gasteiger partial charge is 0.290 e. The van der Waals surface area contributed by atoms with Crippen molar-refractivity contribution in [1.82, 2.24) is 9.62 Å². The molecule has 1 aromatic carbocycles. The molecule has 0 saturated carbocycles. The molecular formula is C19H23FN2O5S2. The number of hydrogen-bond acceptors (Lipinski definition) is 6. The van der Waals surface area contributed by atoms with Gasteiger partial charge in [0.2, 0.25) is 10.0 Å². The number of carboxylic acid groups (broad SMARTS) is 1. The molecule has 0 bridgehead atoms. The first-order valence-electron chi connectivity index (χ1n) is 9.14. The van der Waals surface area contributed by atoms with Gasteiger partial charge < -0.3 is 9.84 Å². The van der Waals surface area contributed by atoms with E-state index < -0.39 is 10.0 Å². The lowest BCUT2D eigenvalue weighted by molar-refractivity contribution is -0.122. The van der Waals surface area contributed by atoms with Crippen LogP contribution in [0.1, 0.15) is 13.3 Å². The molecule has 7 nitrogen and oxygen atoms in total. The van der Waals surface area contributed by atoms with E-state index >= 15 is 0 Å². The summed E-state index contributed by atoms with van der Waals surface area (Å²) in [5, 5.41) is 6.89. The third-order valence-corrected chi connectivity index (χ3v) is 8.04. The van der Waals surface area contributed by atoms with Crippen molar-refractivity contribution in [2.75, 3.05) is 19.7 Å². The number of carbonyl (C=O) groups is 1. The van der Waals surface area contributed by atoms with Gasteiger partial charge in [-0.15, -0.1) is 11.3 Å². The highest BCUT2D eigenvalue weighted by Crippen LogP contribution is 2.31. The van der Waals surface area contributed by atoms with Gasteiger partial charge in [0.1, 0.15) is 10.0 Å². The summed E-state index contributed by atoms with van der Waals surface area (Å²) in [6.07, 6.45) is 0.958. The maximum atomic E-state index is 13.1. The van der Waals surface area contributed by atoms with Crippen LogP contribution < -0.4 is 4.72 Å². The Bertz CT molecular complexity index is 932. The van der Waals surface area contributed by atoms with Gasteiger partial charge in [0, 0.05) is 30.1 Å². The van der Waals surface area contributed by atoms with Gasteiger partial charge in [-0.3, -0.25) is 9.69 Å². The molecule has 158 valence electrons. The third-order valence-electron chi connectivity index (χ3n) is 4.89. The number of ether oxygens (including phenoxy) is 1. The summed E-state index contributed by atoms with van der Waals surface area (Å²) in [5.41, 5.74) is 0.807. The highest BCUT2D eigenvalue weighted by Gasteiger charge is 2.38. The van der Waals surface area contributed by atoms with E-state index in [1.165, 1.54) is 23.5 Å². The minimum Gasteiger partial charge on any atom is -0.483 e. The molecule has 1 aromatic heterocycles. The average Bonchev–Trinajstić information content (AvgIpc) is 3.29. The number of benzene rings is 1. The van der Waals surface area contributed by atoms with Crippen LogP contribution in [0.3, 0.4) is 0 Å². The third kappa shape index (κ3) is 5.40. The summed E-state index contributed by atoms with van der Waals surface area (Å²) >= 11 is 1.20. The Kier molecular flexibility index (Phi) is 7.01. The van der Waals surface area contributed by atoms with Crippen LogP contribution in [-0.2, 0) is 19.6 Å². The standard InChI is InChI=1S/C18H21FN2O3S2.CH2O2/c1-12-9-21-10-15(8-16(21)11-24-12)20-26(22,23)18-7-6-17(25-18)13-2-4-14(19)5-3-13;2-1-3/h2-7,12,15-16,20H,8-11H2,1H3;1H,(H,2,3)/t12-,15+,16-;/m0./s1. The molecule has 0 amide bonds. The van der Waals surface area contributed by atoms with Crippen LogP contribution in [-0.4, -0.2) is 62.8 Å². The first-order valence-corrected chi connectivity index (χ1v) is 11.4. The van der Waals surface area contributed by atoms with Crippen molar-refractivity contribution in [2.24, 2.45) is 0 Å². The van der Waals surface area contributed by atoms with Gasteiger partial charge in [0.05, 0.1) is 12.7 Å². The molecule has 0 spiro atoms. The van der Waals surface area contributed by atoms with Crippen molar-refractivity contribution < 1.29 is 27.4 Å². The van der Waals surface area contributed by atoms with Crippen LogP contribution >= 0.6 is 11.3 Å². The Morgan fingerprint density at radius 1 is 1.24 bits per heavy atom. The maximum Gasteiger partial charge on any atom is 0.290 e. The van der Waals surface area contributed by atoms with Crippen molar-refractivity contribution in [1.29, 1.82) is 0 Å². The number of nitrogens with one attached hydrogen (secondary N) is 1. The van der Waals surface area contributed by atoms with Gasteiger partial charge in [-0.2, -0.15) is 0 Å². The van der Waals surface area contributed by atoms with E-state index in [9.17, 15) is 12.8 Å². The second-order valence-electron chi connectivity index (χ2n) is 7.04. The highest BCUT2D eigenvalue weighted by molar-refractivity contribution is 7.91. The molecule has 2 fully saturated rings. The van der Waals surface area contributed by atoms with Crippen molar-refractivity contribution in [3.63, 3.8) is 0 Å². The molecule has 2 aliphatic heterocycles. The predicted octanol–water partition coefficient (Wildman–Crippen LogP) is 2.39. The molecule has 3 atom stereocenters. The lowest BCUT2D eigenvalue weighted by Crippen LogP contribution is -2.45. The molecule has 0 aliphatic carbocycles. The molecule has 10 heteroatoms. The number of thiophene rings is 1. The largest absolute Gasteiger partial charge is 0.483 e. The second kappa shape index (κ2) is 9.31. The topological polar surface area (TPSA) is 95.9 Å². The van der Waals surface area contributed by atoms with Crippen LogP contribution in [0.5, 0.6) is 0 Å². The zero-order chi connectivity index (χ0) is 21.0. The van der Waals surface area contributed by atoms with Gasteiger partial charge in [0.25, 0.3) is 6.47 Å². The molecule has 2 N–H and O–H groups in total. The first-order chi connectivity index (χ1) is 13.8. The number of rotatable bonds is 4. The number of halogens is 1. The van der Waals surface area contributed by atoms with E-state index in [1.54, 1.807) is 24.3 Å². The van der Waals surface area contributed by atoms with Crippen molar-refractivity contribution in [3.05, 3.63) is 42.2 Å². The Labute approximate surface area is 173 Å². The lowest BCUT2D eigenvalue weighted by Gasteiger charge is -2.33. The molecule has 2 aliphatic rings.